The van der Waals surface area contributed by atoms with E-state index in [1.807, 2.05) is 0 Å². The molecule has 1 N–H and O–H groups in total. The fourth-order valence-corrected chi connectivity index (χ4v) is 3.18. The maximum Gasteiger partial charge on any atom is 0.223 e. The van der Waals surface area contributed by atoms with Crippen molar-refractivity contribution in [2.24, 2.45) is 17.8 Å². The Balaban J connectivity index is 1.57. The van der Waals surface area contributed by atoms with Crippen molar-refractivity contribution in [3.63, 3.8) is 0 Å². The minimum Gasteiger partial charge on any atom is -0.384 e. The Kier molecular flexibility index (Phi) is 4.25. The molecule has 3 atom stereocenters. The lowest BCUT2D eigenvalue weighted by molar-refractivity contribution is -0.125. The Morgan fingerprint density at radius 3 is 2.75 bits per heavy atom. The average Bonchev–Trinajstić information content (AvgIpc) is 2.86. The minimum atomic E-state index is 0.268. The zero-order valence-corrected chi connectivity index (χ0v) is 11.3. The van der Waals surface area contributed by atoms with Gasteiger partial charge in [0.2, 0.25) is 5.91 Å². The molecular formula is C12H20BrNO2. The summed E-state index contributed by atoms with van der Waals surface area (Å²) in [5, 5.41) is 3.03. The van der Waals surface area contributed by atoms with E-state index in [2.05, 4.69) is 21.2 Å². The van der Waals surface area contributed by atoms with Crippen LogP contribution in [0.25, 0.3) is 0 Å². The topological polar surface area (TPSA) is 38.3 Å². The molecule has 2 fully saturated rings. The van der Waals surface area contributed by atoms with Gasteiger partial charge in [-0.15, -0.1) is 0 Å². The molecule has 2 saturated carbocycles. The summed E-state index contributed by atoms with van der Waals surface area (Å²) in [5.74, 6) is 2.34. The molecule has 0 saturated heterocycles. The van der Waals surface area contributed by atoms with Crippen LogP contribution in [0.2, 0.25) is 0 Å². The fraction of sp³-hybridized carbons (Fsp3) is 0.917. The highest BCUT2D eigenvalue weighted by Gasteiger charge is 2.47. The lowest BCUT2D eigenvalue weighted by atomic mass is 10.0. The highest BCUT2D eigenvalue weighted by molar-refractivity contribution is 9.09. The van der Waals surface area contributed by atoms with Crippen LogP contribution in [0.1, 0.15) is 25.7 Å². The SMILES string of the molecule is COCC(Br)CCNC(=O)C1CC2CC2C1. The van der Waals surface area contributed by atoms with Crippen molar-refractivity contribution >= 4 is 21.8 Å². The monoisotopic (exact) mass is 289 g/mol. The normalized spacial score (nSPS) is 33.2. The van der Waals surface area contributed by atoms with Crippen molar-refractivity contribution in [2.45, 2.75) is 30.5 Å². The number of methoxy groups -OCH3 is 1. The van der Waals surface area contributed by atoms with Crippen LogP contribution >= 0.6 is 15.9 Å². The Labute approximate surface area is 105 Å². The summed E-state index contributed by atoms with van der Waals surface area (Å²) in [6.45, 7) is 1.45. The van der Waals surface area contributed by atoms with E-state index in [1.54, 1.807) is 7.11 Å². The van der Waals surface area contributed by atoms with Crippen LogP contribution in [0, 0.1) is 17.8 Å². The van der Waals surface area contributed by atoms with E-state index >= 15 is 0 Å². The molecule has 0 aromatic rings. The Bertz CT molecular complexity index is 249. The van der Waals surface area contributed by atoms with Crippen LogP contribution in [-0.4, -0.2) is 31.0 Å². The van der Waals surface area contributed by atoms with Crippen LogP contribution in [0.4, 0.5) is 0 Å². The summed E-state index contributed by atoms with van der Waals surface area (Å²) >= 11 is 3.51. The highest BCUT2D eigenvalue weighted by Crippen LogP contribution is 2.54. The number of carbonyl (C=O) groups excluding carboxylic acids is 1. The van der Waals surface area contributed by atoms with Gasteiger partial charge in [-0.2, -0.15) is 0 Å². The molecular weight excluding hydrogens is 270 g/mol. The molecule has 3 nitrogen and oxygen atoms in total. The Morgan fingerprint density at radius 2 is 2.12 bits per heavy atom. The second-order valence-electron chi connectivity index (χ2n) is 5.06. The molecule has 0 aliphatic heterocycles. The lowest BCUT2D eigenvalue weighted by Gasteiger charge is -2.13. The van der Waals surface area contributed by atoms with Gasteiger partial charge in [0.05, 0.1) is 6.61 Å². The van der Waals surface area contributed by atoms with E-state index in [-0.39, 0.29) is 5.91 Å². The number of ether oxygens (including phenoxy) is 1. The third-order valence-electron chi connectivity index (χ3n) is 3.72. The van der Waals surface area contributed by atoms with Gasteiger partial charge in [-0.3, -0.25) is 4.79 Å². The molecule has 0 bridgehead atoms. The van der Waals surface area contributed by atoms with Gasteiger partial charge < -0.3 is 10.1 Å². The molecule has 16 heavy (non-hydrogen) atoms. The van der Waals surface area contributed by atoms with Gasteiger partial charge in [0.15, 0.2) is 0 Å². The van der Waals surface area contributed by atoms with E-state index in [4.69, 9.17) is 4.74 Å². The first-order valence-electron chi connectivity index (χ1n) is 6.11. The molecule has 0 spiro atoms. The number of amides is 1. The van der Waals surface area contributed by atoms with Crippen molar-refractivity contribution in [2.75, 3.05) is 20.3 Å². The molecule has 2 aliphatic carbocycles. The molecule has 1 amide bonds. The molecule has 0 aromatic carbocycles. The van der Waals surface area contributed by atoms with Crippen molar-refractivity contribution in [3.05, 3.63) is 0 Å². The number of halogens is 1. The fourth-order valence-electron chi connectivity index (χ4n) is 2.69. The summed E-state index contributed by atoms with van der Waals surface area (Å²) in [6.07, 6.45) is 4.57. The van der Waals surface area contributed by atoms with E-state index in [0.717, 1.165) is 37.6 Å². The van der Waals surface area contributed by atoms with Gasteiger partial charge in [-0.05, 0) is 37.5 Å². The Morgan fingerprint density at radius 1 is 1.44 bits per heavy atom. The van der Waals surface area contributed by atoms with E-state index in [0.29, 0.717) is 17.4 Å². The van der Waals surface area contributed by atoms with Crippen molar-refractivity contribution < 1.29 is 9.53 Å². The maximum absolute atomic E-state index is 11.8. The summed E-state index contributed by atoms with van der Waals surface area (Å²) in [5.41, 5.74) is 0. The van der Waals surface area contributed by atoms with Crippen molar-refractivity contribution in [1.29, 1.82) is 0 Å². The molecule has 3 unspecified atom stereocenters. The van der Waals surface area contributed by atoms with E-state index < -0.39 is 0 Å². The molecule has 92 valence electrons. The first-order chi connectivity index (χ1) is 7.70. The van der Waals surface area contributed by atoms with Gasteiger partial charge in [-0.1, -0.05) is 15.9 Å². The first-order valence-corrected chi connectivity index (χ1v) is 7.03. The average molecular weight is 290 g/mol. The number of alkyl halides is 1. The molecule has 2 aliphatic rings. The highest BCUT2D eigenvalue weighted by atomic mass is 79.9. The van der Waals surface area contributed by atoms with Crippen molar-refractivity contribution in [1.82, 2.24) is 5.32 Å². The largest absolute Gasteiger partial charge is 0.384 e. The summed E-state index contributed by atoms with van der Waals surface area (Å²) in [6, 6.07) is 0. The maximum atomic E-state index is 11.8. The standard InChI is InChI=1S/C12H20BrNO2/c1-16-7-11(13)2-3-14-12(15)10-5-8-4-9(8)6-10/h8-11H,2-7H2,1H3,(H,14,15). The van der Waals surface area contributed by atoms with E-state index in [9.17, 15) is 4.79 Å². The third-order valence-corrected chi connectivity index (χ3v) is 4.44. The quantitative estimate of drug-likeness (QED) is 0.759. The second kappa shape index (κ2) is 5.50. The van der Waals surface area contributed by atoms with Crippen LogP contribution in [0.3, 0.4) is 0 Å². The summed E-state index contributed by atoms with van der Waals surface area (Å²) in [4.78, 5) is 12.1. The van der Waals surface area contributed by atoms with Gasteiger partial charge in [0.1, 0.15) is 0 Å². The van der Waals surface area contributed by atoms with Crippen LogP contribution < -0.4 is 5.32 Å². The summed E-state index contributed by atoms with van der Waals surface area (Å²) < 4.78 is 5.02. The van der Waals surface area contributed by atoms with Crippen molar-refractivity contribution in [3.8, 4) is 0 Å². The smallest absolute Gasteiger partial charge is 0.223 e. The molecule has 2 rings (SSSR count). The number of fused-ring (bicyclic) bond motifs is 1. The van der Waals surface area contributed by atoms with Gasteiger partial charge in [0.25, 0.3) is 0 Å². The first kappa shape index (κ1) is 12.4. The van der Waals surface area contributed by atoms with Gasteiger partial charge in [0, 0.05) is 24.4 Å². The predicted octanol–water partition coefficient (Wildman–Crippen LogP) is 1.95. The zero-order chi connectivity index (χ0) is 11.5. The number of carbonyl (C=O) groups is 1. The minimum absolute atomic E-state index is 0.268. The zero-order valence-electron chi connectivity index (χ0n) is 9.75. The van der Waals surface area contributed by atoms with Crippen LogP contribution in [0.15, 0.2) is 0 Å². The van der Waals surface area contributed by atoms with Gasteiger partial charge in [-0.25, -0.2) is 0 Å². The molecule has 0 radical (unpaired) electrons. The Hall–Kier alpha value is -0.0900. The van der Waals surface area contributed by atoms with Gasteiger partial charge >= 0.3 is 0 Å². The molecule has 0 heterocycles. The van der Waals surface area contributed by atoms with Crippen LogP contribution in [0.5, 0.6) is 0 Å². The number of nitrogens with one attached hydrogen (secondary N) is 1. The number of hydrogen-bond donors (Lipinski definition) is 1. The molecule has 4 heteroatoms. The lowest BCUT2D eigenvalue weighted by Crippen LogP contribution is -2.32. The number of hydrogen-bond acceptors (Lipinski definition) is 2. The van der Waals surface area contributed by atoms with E-state index in [1.165, 1.54) is 6.42 Å². The number of rotatable bonds is 6. The summed E-state index contributed by atoms with van der Waals surface area (Å²) in [7, 11) is 1.69. The van der Waals surface area contributed by atoms with Crippen LogP contribution in [-0.2, 0) is 9.53 Å². The predicted molar refractivity (Wildman–Crippen MR) is 66.5 cm³/mol. The second-order valence-corrected chi connectivity index (χ2v) is 6.35. The third kappa shape index (κ3) is 3.20. The molecule has 0 aromatic heterocycles.